The van der Waals surface area contributed by atoms with Crippen LogP contribution in [0.25, 0.3) is 0 Å². The van der Waals surface area contributed by atoms with Crippen LogP contribution in [0.15, 0.2) is 53.4 Å². The summed E-state index contributed by atoms with van der Waals surface area (Å²) in [5.41, 5.74) is 2.35. The second-order valence-corrected chi connectivity index (χ2v) is 5.79. The highest BCUT2D eigenvalue weighted by Gasteiger charge is 2.05. The molecular formula is C16H18FNS. The predicted octanol–water partition coefficient (Wildman–Crippen LogP) is 4.18. The van der Waals surface area contributed by atoms with Gasteiger partial charge >= 0.3 is 0 Å². The fraction of sp³-hybridized carbons (Fsp3) is 0.250. The molecule has 100 valence electrons. The van der Waals surface area contributed by atoms with Crippen molar-refractivity contribution in [3.63, 3.8) is 0 Å². The Labute approximate surface area is 118 Å². The normalized spacial score (nSPS) is 10.9. The number of hydrogen-bond acceptors (Lipinski definition) is 2. The Balaban J connectivity index is 2.06. The molecule has 0 saturated heterocycles. The van der Waals surface area contributed by atoms with E-state index in [2.05, 4.69) is 17.0 Å². The van der Waals surface area contributed by atoms with Crippen molar-refractivity contribution < 1.29 is 4.39 Å². The maximum atomic E-state index is 13.8. The Morgan fingerprint density at radius 1 is 1.00 bits per heavy atom. The summed E-state index contributed by atoms with van der Waals surface area (Å²) in [6.07, 6.45) is 0. The van der Waals surface area contributed by atoms with Crippen LogP contribution in [0.4, 0.5) is 4.39 Å². The van der Waals surface area contributed by atoms with Crippen molar-refractivity contribution in [2.45, 2.75) is 17.2 Å². The average molecular weight is 275 g/mol. The molecule has 0 heterocycles. The van der Waals surface area contributed by atoms with Gasteiger partial charge in [-0.2, -0.15) is 0 Å². The van der Waals surface area contributed by atoms with Gasteiger partial charge < -0.3 is 4.90 Å². The molecular weight excluding hydrogens is 257 g/mol. The summed E-state index contributed by atoms with van der Waals surface area (Å²) in [7, 11) is 4.03. The van der Waals surface area contributed by atoms with Gasteiger partial charge in [0.05, 0.1) is 0 Å². The van der Waals surface area contributed by atoms with E-state index in [-0.39, 0.29) is 5.82 Å². The number of thioether (sulfide) groups is 1. The van der Waals surface area contributed by atoms with Gasteiger partial charge in [0.15, 0.2) is 0 Å². The van der Waals surface area contributed by atoms with Crippen LogP contribution in [0.2, 0.25) is 0 Å². The molecule has 0 radical (unpaired) electrons. The lowest BCUT2D eigenvalue weighted by molar-refractivity contribution is 0.401. The summed E-state index contributed by atoms with van der Waals surface area (Å²) < 4.78 is 13.8. The average Bonchev–Trinajstić information content (AvgIpc) is 2.40. The molecule has 0 aliphatic rings. The van der Waals surface area contributed by atoms with E-state index in [9.17, 15) is 4.39 Å². The van der Waals surface area contributed by atoms with Crippen LogP contribution in [0.5, 0.6) is 0 Å². The van der Waals surface area contributed by atoms with Gasteiger partial charge in [0.1, 0.15) is 5.82 Å². The second-order valence-electron chi connectivity index (χ2n) is 4.78. The summed E-state index contributed by atoms with van der Waals surface area (Å²) >= 11 is 1.55. The molecule has 0 bridgehead atoms. The van der Waals surface area contributed by atoms with Crippen LogP contribution >= 0.6 is 11.8 Å². The summed E-state index contributed by atoms with van der Waals surface area (Å²) in [6, 6.07) is 15.5. The maximum Gasteiger partial charge on any atom is 0.136 e. The first kappa shape index (κ1) is 14.1. The topological polar surface area (TPSA) is 3.24 Å². The Bertz CT molecular complexity index is 526. The Hall–Kier alpha value is -1.32. The number of halogens is 1. The minimum atomic E-state index is -0.136. The van der Waals surface area contributed by atoms with Gasteiger partial charge in [0, 0.05) is 17.2 Å². The van der Waals surface area contributed by atoms with Crippen LogP contribution in [-0.2, 0) is 12.3 Å². The van der Waals surface area contributed by atoms with Crippen molar-refractivity contribution >= 4 is 11.8 Å². The molecule has 0 fully saturated rings. The van der Waals surface area contributed by atoms with E-state index in [0.29, 0.717) is 0 Å². The van der Waals surface area contributed by atoms with Gasteiger partial charge in [0.25, 0.3) is 0 Å². The van der Waals surface area contributed by atoms with E-state index in [4.69, 9.17) is 0 Å². The second kappa shape index (κ2) is 6.73. The molecule has 0 amide bonds. The van der Waals surface area contributed by atoms with Gasteiger partial charge in [-0.3, -0.25) is 0 Å². The number of hydrogen-bond donors (Lipinski definition) is 0. The molecule has 19 heavy (non-hydrogen) atoms. The largest absolute Gasteiger partial charge is 0.305 e. The maximum absolute atomic E-state index is 13.8. The number of benzene rings is 2. The quantitative estimate of drug-likeness (QED) is 0.753. The SMILES string of the molecule is CN(C)Cc1ccc(F)c(SCc2ccccc2)c1. The van der Waals surface area contributed by atoms with Crippen LogP contribution in [0, 0.1) is 5.82 Å². The molecule has 0 aliphatic heterocycles. The molecule has 0 atom stereocenters. The summed E-state index contributed by atoms with van der Waals surface area (Å²) in [4.78, 5) is 2.81. The van der Waals surface area contributed by atoms with Gasteiger partial charge in [-0.15, -0.1) is 11.8 Å². The molecule has 2 rings (SSSR count). The molecule has 0 saturated carbocycles. The lowest BCUT2D eigenvalue weighted by atomic mass is 10.2. The molecule has 3 heteroatoms. The highest BCUT2D eigenvalue weighted by molar-refractivity contribution is 7.98. The van der Waals surface area contributed by atoms with Gasteiger partial charge in [-0.1, -0.05) is 36.4 Å². The van der Waals surface area contributed by atoms with E-state index >= 15 is 0 Å². The van der Waals surface area contributed by atoms with E-state index < -0.39 is 0 Å². The van der Waals surface area contributed by atoms with Crippen molar-refractivity contribution in [3.05, 3.63) is 65.5 Å². The van der Waals surface area contributed by atoms with Crippen LogP contribution < -0.4 is 0 Å². The van der Waals surface area contributed by atoms with Crippen molar-refractivity contribution in [3.8, 4) is 0 Å². The van der Waals surface area contributed by atoms with E-state index in [0.717, 1.165) is 22.8 Å². The fourth-order valence-corrected chi connectivity index (χ4v) is 2.81. The molecule has 0 unspecified atom stereocenters. The standard InChI is InChI=1S/C16H18FNS/c1-18(2)11-14-8-9-15(17)16(10-14)19-12-13-6-4-3-5-7-13/h3-10H,11-12H2,1-2H3. The molecule has 0 aromatic heterocycles. The monoisotopic (exact) mass is 275 g/mol. The number of nitrogens with zero attached hydrogens (tertiary/aromatic N) is 1. The van der Waals surface area contributed by atoms with Crippen molar-refractivity contribution in [2.75, 3.05) is 14.1 Å². The number of rotatable bonds is 5. The van der Waals surface area contributed by atoms with Crippen molar-refractivity contribution in [2.24, 2.45) is 0 Å². The van der Waals surface area contributed by atoms with Gasteiger partial charge in [-0.05, 0) is 37.4 Å². The van der Waals surface area contributed by atoms with E-state index in [1.165, 1.54) is 5.56 Å². The predicted molar refractivity (Wildman–Crippen MR) is 79.8 cm³/mol. The van der Waals surface area contributed by atoms with Gasteiger partial charge in [0.2, 0.25) is 0 Å². The Morgan fingerprint density at radius 3 is 2.42 bits per heavy atom. The third-order valence-electron chi connectivity index (χ3n) is 2.73. The third-order valence-corrected chi connectivity index (χ3v) is 3.83. The Kier molecular flexibility index (Phi) is 5.00. The first-order valence-electron chi connectivity index (χ1n) is 6.25. The molecule has 0 spiro atoms. The summed E-state index contributed by atoms with van der Waals surface area (Å²) in [6.45, 7) is 0.833. The Morgan fingerprint density at radius 2 is 1.74 bits per heavy atom. The molecule has 2 aromatic carbocycles. The van der Waals surface area contributed by atoms with Crippen molar-refractivity contribution in [1.29, 1.82) is 0 Å². The van der Waals surface area contributed by atoms with Crippen LogP contribution in [0.1, 0.15) is 11.1 Å². The first-order valence-corrected chi connectivity index (χ1v) is 7.23. The van der Waals surface area contributed by atoms with E-state index in [1.807, 2.05) is 44.4 Å². The third kappa shape index (κ3) is 4.37. The minimum absolute atomic E-state index is 0.136. The zero-order chi connectivity index (χ0) is 13.7. The van der Waals surface area contributed by atoms with Gasteiger partial charge in [-0.25, -0.2) is 4.39 Å². The molecule has 0 aliphatic carbocycles. The smallest absolute Gasteiger partial charge is 0.136 e. The van der Waals surface area contributed by atoms with Crippen LogP contribution in [0.3, 0.4) is 0 Å². The summed E-state index contributed by atoms with van der Waals surface area (Å²) in [5, 5.41) is 0. The zero-order valence-electron chi connectivity index (χ0n) is 11.3. The lowest BCUT2D eigenvalue weighted by Crippen LogP contribution is -2.10. The molecule has 0 N–H and O–H groups in total. The fourth-order valence-electron chi connectivity index (χ4n) is 1.86. The molecule has 1 nitrogen and oxygen atoms in total. The lowest BCUT2D eigenvalue weighted by Gasteiger charge is -2.11. The first-order chi connectivity index (χ1) is 9.15. The van der Waals surface area contributed by atoms with E-state index in [1.54, 1.807) is 17.8 Å². The van der Waals surface area contributed by atoms with Crippen molar-refractivity contribution in [1.82, 2.24) is 4.90 Å². The highest BCUT2D eigenvalue weighted by atomic mass is 32.2. The zero-order valence-corrected chi connectivity index (χ0v) is 12.1. The van der Waals surface area contributed by atoms with Crippen LogP contribution in [-0.4, -0.2) is 19.0 Å². The minimum Gasteiger partial charge on any atom is -0.305 e. The highest BCUT2D eigenvalue weighted by Crippen LogP contribution is 2.26. The summed E-state index contributed by atoms with van der Waals surface area (Å²) in [5.74, 6) is 0.659. The molecule has 2 aromatic rings.